The molecule has 176 valence electrons. The van der Waals surface area contributed by atoms with Crippen LogP contribution in [-0.2, 0) is 41.6 Å². The van der Waals surface area contributed by atoms with Gasteiger partial charge in [-0.2, -0.15) is 13.2 Å². The third kappa shape index (κ3) is 5.71. The summed E-state index contributed by atoms with van der Waals surface area (Å²) >= 11 is 0. The molecule has 0 bridgehead atoms. The lowest BCUT2D eigenvalue weighted by Crippen LogP contribution is -2.20. The smallest absolute Gasteiger partial charge is 0.419 e. The van der Waals surface area contributed by atoms with E-state index in [1.165, 1.54) is 31.1 Å². The van der Waals surface area contributed by atoms with Crippen LogP contribution in [-0.4, -0.2) is 28.6 Å². The molecule has 0 unspecified atom stereocenters. The number of alkyl halides is 3. The second-order valence-electron chi connectivity index (χ2n) is 7.78. The predicted octanol–water partition coefficient (Wildman–Crippen LogP) is 4.74. The first kappa shape index (κ1) is 24.3. The molecule has 5 nitrogen and oxygen atoms in total. The van der Waals surface area contributed by atoms with E-state index in [0.717, 1.165) is 30.0 Å². The van der Waals surface area contributed by atoms with E-state index in [1.54, 1.807) is 0 Å². The quantitative estimate of drug-likeness (QED) is 0.548. The SMILES string of the molecule is CNC(=O)Cc1ccc(F)c(C(F)(F)F)c1.O=C(O)Cc1c2n(c3ccccc13)CCCC2. The molecule has 33 heavy (non-hydrogen) atoms. The highest BCUT2D eigenvalue weighted by Gasteiger charge is 2.34. The molecule has 2 N–H and O–H groups in total. The molecule has 0 saturated carbocycles. The molecule has 0 atom stereocenters. The number of hydrogen-bond donors (Lipinski definition) is 2. The van der Waals surface area contributed by atoms with Crippen LogP contribution in [0.4, 0.5) is 17.6 Å². The Labute approximate surface area is 188 Å². The van der Waals surface area contributed by atoms with E-state index in [1.807, 2.05) is 18.2 Å². The number of carboxylic acids is 1. The van der Waals surface area contributed by atoms with Gasteiger partial charge in [0.2, 0.25) is 5.91 Å². The average Bonchev–Trinajstić information content (AvgIpc) is 3.08. The van der Waals surface area contributed by atoms with Crippen molar-refractivity contribution in [1.29, 1.82) is 0 Å². The topological polar surface area (TPSA) is 71.3 Å². The fraction of sp³-hybridized carbons (Fsp3) is 0.333. The fourth-order valence-electron chi connectivity index (χ4n) is 4.05. The average molecular weight is 464 g/mol. The summed E-state index contributed by atoms with van der Waals surface area (Å²) in [5, 5.41) is 12.4. The summed E-state index contributed by atoms with van der Waals surface area (Å²) in [7, 11) is 1.37. The maximum atomic E-state index is 12.9. The van der Waals surface area contributed by atoms with E-state index < -0.39 is 29.4 Å². The lowest BCUT2D eigenvalue weighted by Gasteiger charge is -2.16. The number of nitrogens with zero attached hydrogens (tertiary/aromatic N) is 1. The van der Waals surface area contributed by atoms with Gasteiger partial charge in [0.15, 0.2) is 0 Å². The second-order valence-corrected chi connectivity index (χ2v) is 7.78. The van der Waals surface area contributed by atoms with E-state index >= 15 is 0 Å². The number of likely N-dealkylation sites (N-methyl/N-ethyl adjacent to an activating group) is 1. The molecule has 4 rings (SSSR count). The van der Waals surface area contributed by atoms with Crippen LogP contribution in [0.25, 0.3) is 10.9 Å². The van der Waals surface area contributed by atoms with Crippen LogP contribution >= 0.6 is 0 Å². The van der Waals surface area contributed by atoms with Gasteiger partial charge >= 0.3 is 12.1 Å². The number of aliphatic carboxylic acids is 1. The zero-order valence-electron chi connectivity index (χ0n) is 18.0. The summed E-state index contributed by atoms with van der Waals surface area (Å²) in [6.07, 6.45) is -1.44. The Morgan fingerprint density at radius 1 is 1.09 bits per heavy atom. The molecule has 1 aromatic heterocycles. The van der Waals surface area contributed by atoms with Crippen molar-refractivity contribution in [2.75, 3.05) is 7.05 Å². The van der Waals surface area contributed by atoms with E-state index in [-0.39, 0.29) is 18.4 Å². The normalized spacial score (nSPS) is 13.1. The fourth-order valence-corrected chi connectivity index (χ4v) is 4.05. The molecule has 1 aliphatic rings. The van der Waals surface area contributed by atoms with Crippen LogP contribution in [0.1, 0.15) is 35.2 Å². The molecule has 0 saturated heterocycles. The Balaban J connectivity index is 0.000000186. The maximum absolute atomic E-state index is 12.9. The van der Waals surface area contributed by atoms with Crippen LogP contribution in [0.5, 0.6) is 0 Å². The van der Waals surface area contributed by atoms with Crippen molar-refractivity contribution in [1.82, 2.24) is 9.88 Å². The van der Waals surface area contributed by atoms with Crippen molar-refractivity contribution < 1.29 is 32.3 Å². The maximum Gasteiger partial charge on any atom is 0.419 e. The van der Waals surface area contributed by atoms with Crippen molar-refractivity contribution in [2.45, 2.75) is 44.8 Å². The highest BCUT2D eigenvalue weighted by Crippen LogP contribution is 2.32. The molecule has 1 amide bonds. The molecule has 0 fully saturated rings. The van der Waals surface area contributed by atoms with Crippen LogP contribution in [0.3, 0.4) is 0 Å². The summed E-state index contributed by atoms with van der Waals surface area (Å²) in [6, 6.07) is 10.6. The van der Waals surface area contributed by atoms with Gasteiger partial charge in [0.05, 0.1) is 18.4 Å². The third-order valence-electron chi connectivity index (χ3n) is 5.55. The van der Waals surface area contributed by atoms with Crippen LogP contribution in [0, 0.1) is 5.82 Å². The standard InChI is InChI=1S/C14H15NO2.C10H9F4NO/c16-14(17)9-11-10-5-1-2-6-12(10)15-8-4-3-7-13(11)15;1-15-9(16)5-6-2-3-8(11)7(4-6)10(12,13)14/h1-2,5-6H,3-4,7-9H2,(H,16,17);2-4H,5H2,1H3,(H,15,16). The summed E-state index contributed by atoms with van der Waals surface area (Å²) in [5.41, 5.74) is 2.22. The monoisotopic (exact) mass is 464 g/mol. The Hall–Kier alpha value is -3.36. The number of carboxylic acid groups (broad SMARTS) is 1. The lowest BCUT2D eigenvalue weighted by atomic mass is 10.0. The van der Waals surface area contributed by atoms with Gasteiger partial charge in [0.1, 0.15) is 5.82 Å². The van der Waals surface area contributed by atoms with Crippen molar-refractivity contribution in [3.63, 3.8) is 0 Å². The van der Waals surface area contributed by atoms with Gasteiger partial charge in [0, 0.05) is 30.2 Å². The minimum atomic E-state index is -4.75. The van der Waals surface area contributed by atoms with Crippen molar-refractivity contribution in [2.24, 2.45) is 0 Å². The molecule has 2 heterocycles. The second kappa shape index (κ2) is 10.1. The van der Waals surface area contributed by atoms with E-state index in [2.05, 4.69) is 16.0 Å². The van der Waals surface area contributed by atoms with Gasteiger partial charge in [-0.05, 0) is 48.6 Å². The predicted molar refractivity (Wildman–Crippen MR) is 115 cm³/mol. The van der Waals surface area contributed by atoms with Gasteiger partial charge < -0.3 is 15.0 Å². The lowest BCUT2D eigenvalue weighted by molar-refractivity contribution is -0.140. The number of benzene rings is 2. The number of hydrogen-bond acceptors (Lipinski definition) is 2. The highest BCUT2D eigenvalue weighted by atomic mass is 19.4. The Bertz CT molecular complexity index is 1170. The number of carbonyl (C=O) groups excluding carboxylic acids is 1. The minimum Gasteiger partial charge on any atom is -0.481 e. The molecule has 3 aromatic rings. The number of aromatic nitrogens is 1. The molecule has 9 heteroatoms. The largest absolute Gasteiger partial charge is 0.481 e. The summed E-state index contributed by atoms with van der Waals surface area (Å²) in [6.45, 7) is 1.02. The number of carbonyl (C=O) groups is 2. The number of nitrogens with one attached hydrogen (secondary N) is 1. The number of para-hydroxylation sites is 1. The van der Waals surface area contributed by atoms with E-state index in [4.69, 9.17) is 5.11 Å². The minimum absolute atomic E-state index is 0.119. The number of aryl methyl sites for hydroxylation is 1. The van der Waals surface area contributed by atoms with Crippen LogP contribution in [0.2, 0.25) is 0 Å². The number of amides is 1. The van der Waals surface area contributed by atoms with Crippen molar-refractivity contribution in [3.05, 3.63) is 70.7 Å². The van der Waals surface area contributed by atoms with Crippen molar-refractivity contribution >= 4 is 22.8 Å². The summed E-state index contributed by atoms with van der Waals surface area (Å²) in [5.74, 6) is -2.51. The highest BCUT2D eigenvalue weighted by molar-refractivity contribution is 5.89. The van der Waals surface area contributed by atoms with Gasteiger partial charge in [-0.3, -0.25) is 9.59 Å². The first-order valence-corrected chi connectivity index (χ1v) is 10.5. The van der Waals surface area contributed by atoms with Crippen LogP contribution < -0.4 is 5.32 Å². The first-order chi connectivity index (χ1) is 15.6. The summed E-state index contributed by atoms with van der Waals surface area (Å²) in [4.78, 5) is 21.9. The summed E-state index contributed by atoms with van der Waals surface area (Å²) < 4.78 is 52.1. The zero-order chi connectivity index (χ0) is 24.2. The number of rotatable bonds is 4. The van der Waals surface area contributed by atoms with Gasteiger partial charge in [-0.15, -0.1) is 0 Å². The molecular weight excluding hydrogens is 440 g/mol. The first-order valence-electron chi connectivity index (χ1n) is 10.5. The molecule has 0 spiro atoms. The Kier molecular flexibility index (Phi) is 7.40. The molecular formula is C24H24F4N2O3. The van der Waals surface area contributed by atoms with Gasteiger partial charge in [-0.25, -0.2) is 4.39 Å². The van der Waals surface area contributed by atoms with Gasteiger partial charge in [-0.1, -0.05) is 24.3 Å². The van der Waals surface area contributed by atoms with Crippen molar-refractivity contribution in [3.8, 4) is 0 Å². The Morgan fingerprint density at radius 2 is 1.82 bits per heavy atom. The van der Waals surface area contributed by atoms with Crippen LogP contribution in [0.15, 0.2) is 42.5 Å². The van der Waals surface area contributed by atoms with E-state index in [0.29, 0.717) is 12.1 Å². The number of fused-ring (bicyclic) bond motifs is 3. The van der Waals surface area contributed by atoms with E-state index in [9.17, 15) is 27.2 Å². The number of halogens is 4. The molecule has 0 aliphatic carbocycles. The molecule has 0 radical (unpaired) electrons. The van der Waals surface area contributed by atoms with Gasteiger partial charge in [0.25, 0.3) is 0 Å². The molecule has 2 aromatic carbocycles. The zero-order valence-corrected chi connectivity index (χ0v) is 18.0. The molecule has 1 aliphatic heterocycles. The Morgan fingerprint density at radius 3 is 2.48 bits per heavy atom. The third-order valence-corrected chi connectivity index (χ3v) is 5.55.